The molecule has 0 aliphatic carbocycles. The Bertz CT molecular complexity index is 602. The molecule has 2 N–H and O–H groups in total. The monoisotopic (exact) mass is 231 g/mol. The zero-order valence-electron chi connectivity index (χ0n) is 9.98. The maximum Gasteiger partial charge on any atom is 0.246 e. The maximum atomic E-state index is 9.01. The van der Waals surface area contributed by atoms with Crippen LogP contribution < -0.4 is 5.73 Å². The molecule has 2 rings (SSSR count). The second-order valence-electron chi connectivity index (χ2n) is 3.90. The van der Waals surface area contributed by atoms with Crippen LogP contribution in [0.15, 0.2) is 4.52 Å². The van der Waals surface area contributed by atoms with E-state index in [9.17, 15) is 0 Å². The molecule has 0 unspecified atom stereocenters. The van der Waals surface area contributed by atoms with E-state index in [0.717, 1.165) is 11.3 Å². The van der Waals surface area contributed by atoms with Gasteiger partial charge in [-0.2, -0.15) is 10.2 Å². The van der Waals surface area contributed by atoms with E-state index in [2.05, 4.69) is 16.2 Å². The van der Waals surface area contributed by atoms with E-state index >= 15 is 0 Å². The van der Waals surface area contributed by atoms with E-state index in [1.807, 2.05) is 13.8 Å². The summed E-state index contributed by atoms with van der Waals surface area (Å²) in [6.07, 6.45) is 0. The van der Waals surface area contributed by atoms with Crippen molar-refractivity contribution >= 4 is 5.82 Å². The summed E-state index contributed by atoms with van der Waals surface area (Å²) >= 11 is 0. The van der Waals surface area contributed by atoms with Gasteiger partial charge in [0.1, 0.15) is 18.4 Å². The standard InChI is InChI=1S/C11H13N5O/c1-6-7(2)16(11(13)9(6)4-12)5-10-14-8(3)15-17-10/h5,13H2,1-3H3. The number of anilines is 1. The first-order valence-electron chi connectivity index (χ1n) is 5.19. The van der Waals surface area contributed by atoms with Crippen molar-refractivity contribution in [3.8, 4) is 6.07 Å². The zero-order chi connectivity index (χ0) is 12.6. The number of aryl methyl sites for hydroxylation is 1. The van der Waals surface area contributed by atoms with Crippen LogP contribution in [0, 0.1) is 32.1 Å². The predicted molar refractivity (Wildman–Crippen MR) is 61.2 cm³/mol. The predicted octanol–water partition coefficient (Wildman–Crippen LogP) is 1.30. The van der Waals surface area contributed by atoms with Crippen LogP contribution in [-0.2, 0) is 6.54 Å². The zero-order valence-corrected chi connectivity index (χ0v) is 9.98. The molecule has 2 heterocycles. The van der Waals surface area contributed by atoms with Gasteiger partial charge in [0.25, 0.3) is 0 Å². The number of aromatic nitrogens is 3. The van der Waals surface area contributed by atoms with E-state index in [-0.39, 0.29) is 0 Å². The molecule has 88 valence electrons. The van der Waals surface area contributed by atoms with Gasteiger partial charge in [-0.25, -0.2) is 0 Å². The van der Waals surface area contributed by atoms with Gasteiger partial charge >= 0.3 is 0 Å². The van der Waals surface area contributed by atoms with Crippen molar-refractivity contribution in [1.82, 2.24) is 14.7 Å². The number of nitrogen functional groups attached to an aromatic ring is 1. The Labute approximate surface area is 98.6 Å². The average Bonchev–Trinajstić information content (AvgIpc) is 2.78. The van der Waals surface area contributed by atoms with Crippen molar-refractivity contribution in [3.05, 3.63) is 28.5 Å². The summed E-state index contributed by atoms with van der Waals surface area (Å²) in [6.45, 7) is 5.93. The molecular formula is C11H13N5O. The Morgan fingerprint density at radius 3 is 2.59 bits per heavy atom. The minimum atomic E-state index is 0.390. The SMILES string of the molecule is Cc1noc(Cn2c(C)c(C)c(C#N)c2N)n1. The van der Waals surface area contributed by atoms with Crippen LogP contribution in [0.2, 0.25) is 0 Å². The summed E-state index contributed by atoms with van der Waals surface area (Å²) in [7, 11) is 0. The lowest BCUT2D eigenvalue weighted by atomic mass is 10.2. The highest BCUT2D eigenvalue weighted by molar-refractivity contribution is 5.57. The van der Waals surface area contributed by atoms with E-state index in [4.69, 9.17) is 15.5 Å². The van der Waals surface area contributed by atoms with Crippen molar-refractivity contribution in [2.75, 3.05) is 5.73 Å². The molecule has 0 saturated carbocycles. The third kappa shape index (κ3) is 1.76. The number of nitriles is 1. The van der Waals surface area contributed by atoms with Gasteiger partial charge in [0.05, 0.1) is 5.56 Å². The largest absolute Gasteiger partial charge is 0.384 e. The number of hydrogen-bond acceptors (Lipinski definition) is 5. The Kier molecular flexibility index (Phi) is 2.60. The summed E-state index contributed by atoms with van der Waals surface area (Å²) in [5.74, 6) is 1.51. The first-order chi connectivity index (χ1) is 8.04. The third-order valence-corrected chi connectivity index (χ3v) is 2.84. The van der Waals surface area contributed by atoms with Gasteiger partial charge in [-0.1, -0.05) is 5.16 Å². The molecule has 0 saturated heterocycles. The number of rotatable bonds is 2. The first-order valence-corrected chi connectivity index (χ1v) is 5.19. The van der Waals surface area contributed by atoms with Gasteiger partial charge in [0, 0.05) is 5.69 Å². The van der Waals surface area contributed by atoms with Gasteiger partial charge in [-0.05, 0) is 26.3 Å². The molecule has 6 nitrogen and oxygen atoms in total. The first kappa shape index (κ1) is 11.2. The Balaban J connectivity index is 2.44. The van der Waals surface area contributed by atoms with Crippen LogP contribution in [0.25, 0.3) is 0 Å². The van der Waals surface area contributed by atoms with Crippen molar-refractivity contribution in [3.63, 3.8) is 0 Å². The molecule has 0 aliphatic heterocycles. The molecule has 17 heavy (non-hydrogen) atoms. The molecule has 0 bridgehead atoms. The lowest BCUT2D eigenvalue weighted by molar-refractivity contribution is 0.367. The molecule has 0 spiro atoms. The Morgan fingerprint density at radius 1 is 1.41 bits per heavy atom. The molecule has 0 atom stereocenters. The summed E-state index contributed by atoms with van der Waals surface area (Å²) in [5, 5.41) is 12.7. The van der Waals surface area contributed by atoms with Gasteiger partial charge in [0.2, 0.25) is 5.89 Å². The van der Waals surface area contributed by atoms with Crippen molar-refractivity contribution < 1.29 is 4.52 Å². The summed E-state index contributed by atoms with van der Waals surface area (Å²) in [6, 6.07) is 2.10. The minimum absolute atomic E-state index is 0.390. The maximum absolute atomic E-state index is 9.01. The van der Waals surface area contributed by atoms with Crippen LogP contribution in [0.5, 0.6) is 0 Å². The van der Waals surface area contributed by atoms with Crippen LogP contribution in [0.1, 0.15) is 28.5 Å². The highest BCUT2D eigenvalue weighted by Gasteiger charge is 2.16. The summed E-state index contributed by atoms with van der Waals surface area (Å²) < 4.78 is 6.85. The Morgan fingerprint density at radius 2 is 2.12 bits per heavy atom. The second-order valence-corrected chi connectivity index (χ2v) is 3.90. The van der Waals surface area contributed by atoms with Crippen molar-refractivity contribution in [2.45, 2.75) is 27.3 Å². The van der Waals surface area contributed by atoms with Crippen LogP contribution in [0.4, 0.5) is 5.82 Å². The van der Waals surface area contributed by atoms with Crippen LogP contribution in [-0.4, -0.2) is 14.7 Å². The van der Waals surface area contributed by atoms with Crippen molar-refractivity contribution in [1.29, 1.82) is 5.26 Å². The molecule has 0 aromatic carbocycles. The van der Waals surface area contributed by atoms with Gasteiger partial charge < -0.3 is 14.8 Å². The summed E-state index contributed by atoms with van der Waals surface area (Å²) in [5.41, 5.74) is 8.26. The Hall–Kier alpha value is -2.29. The molecule has 2 aromatic heterocycles. The van der Waals surface area contributed by atoms with Crippen LogP contribution >= 0.6 is 0 Å². The average molecular weight is 231 g/mol. The van der Waals surface area contributed by atoms with Gasteiger partial charge in [0.15, 0.2) is 5.82 Å². The van der Waals surface area contributed by atoms with E-state index < -0.39 is 0 Å². The molecule has 0 amide bonds. The van der Waals surface area contributed by atoms with Gasteiger partial charge in [-0.3, -0.25) is 0 Å². The third-order valence-electron chi connectivity index (χ3n) is 2.84. The highest BCUT2D eigenvalue weighted by atomic mass is 16.5. The minimum Gasteiger partial charge on any atom is -0.384 e. The number of nitrogens with zero attached hydrogens (tertiary/aromatic N) is 4. The second kappa shape index (κ2) is 3.94. The molecule has 2 aromatic rings. The smallest absolute Gasteiger partial charge is 0.246 e. The fourth-order valence-electron chi connectivity index (χ4n) is 1.78. The topological polar surface area (TPSA) is 93.7 Å². The van der Waals surface area contributed by atoms with Gasteiger partial charge in [-0.15, -0.1) is 0 Å². The van der Waals surface area contributed by atoms with E-state index in [0.29, 0.717) is 29.6 Å². The van der Waals surface area contributed by atoms with Crippen LogP contribution in [0.3, 0.4) is 0 Å². The summed E-state index contributed by atoms with van der Waals surface area (Å²) in [4.78, 5) is 4.12. The molecule has 0 radical (unpaired) electrons. The molecular weight excluding hydrogens is 218 g/mol. The lowest BCUT2D eigenvalue weighted by Crippen LogP contribution is -2.06. The number of hydrogen-bond donors (Lipinski definition) is 1. The fraction of sp³-hybridized carbons (Fsp3) is 0.364. The van der Waals surface area contributed by atoms with E-state index in [1.54, 1.807) is 11.5 Å². The van der Waals surface area contributed by atoms with Crippen molar-refractivity contribution in [2.24, 2.45) is 0 Å². The lowest BCUT2D eigenvalue weighted by Gasteiger charge is -2.04. The number of nitrogens with two attached hydrogens (primary N) is 1. The quantitative estimate of drug-likeness (QED) is 0.840. The van der Waals surface area contributed by atoms with E-state index in [1.165, 1.54) is 0 Å². The molecule has 0 fully saturated rings. The highest BCUT2D eigenvalue weighted by Crippen LogP contribution is 2.24. The molecule has 0 aliphatic rings. The molecule has 6 heteroatoms. The normalized spacial score (nSPS) is 10.5. The fourth-order valence-corrected chi connectivity index (χ4v) is 1.78.